The number of hydrogen-bond donors (Lipinski definition) is 2. The minimum atomic E-state index is -0.885. The van der Waals surface area contributed by atoms with Crippen LogP contribution in [0, 0.1) is 0 Å². The van der Waals surface area contributed by atoms with Crippen LogP contribution in [0.4, 0.5) is 0 Å². The van der Waals surface area contributed by atoms with Crippen molar-refractivity contribution in [1.29, 1.82) is 0 Å². The van der Waals surface area contributed by atoms with Gasteiger partial charge in [0.15, 0.2) is 0 Å². The van der Waals surface area contributed by atoms with E-state index in [0.717, 1.165) is 0 Å². The quantitative estimate of drug-likeness (QED) is 0.657. The number of halogens is 2. The molecule has 5 nitrogen and oxygen atoms in total. The molecular weight excluding hydrogens is 279 g/mol. The maximum absolute atomic E-state index is 11.7. The molecule has 7 heteroatoms. The highest BCUT2D eigenvalue weighted by atomic mass is 35.5. The lowest BCUT2D eigenvalue weighted by Gasteiger charge is -2.07. The summed E-state index contributed by atoms with van der Waals surface area (Å²) in [5.41, 5.74) is 4.17. The predicted molar refractivity (Wildman–Crippen MR) is 67.4 cm³/mol. The molecule has 0 fully saturated rings. The van der Waals surface area contributed by atoms with Gasteiger partial charge in [0.2, 0.25) is 5.78 Å². The standard InChI is InChI=1S/C11H10Cl2N2O3/c1-2-9(16)11(18)15-14-10(17)7-5-6(12)3-4-8(7)13/h3-5H,2H2,1H3,(H,14,17)(H,15,18). The molecule has 0 radical (unpaired) electrons. The van der Waals surface area contributed by atoms with Crippen molar-refractivity contribution in [3.05, 3.63) is 33.8 Å². The van der Waals surface area contributed by atoms with Crippen molar-refractivity contribution in [3.63, 3.8) is 0 Å². The summed E-state index contributed by atoms with van der Waals surface area (Å²) >= 11 is 11.5. The van der Waals surface area contributed by atoms with Crippen molar-refractivity contribution in [3.8, 4) is 0 Å². The van der Waals surface area contributed by atoms with E-state index in [4.69, 9.17) is 23.2 Å². The predicted octanol–water partition coefficient (Wildman–Crippen LogP) is 1.73. The maximum Gasteiger partial charge on any atom is 0.305 e. The van der Waals surface area contributed by atoms with Crippen LogP contribution >= 0.6 is 23.2 Å². The van der Waals surface area contributed by atoms with Gasteiger partial charge in [0.1, 0.15) is 0 Å². The van der Waals surface area contributed by atoms with E-state index in [-0.39, 0.29) is 17.0 Å². The second-order valence-electron chi connectivity index (χ2n) is 3.31. The van der Waals surface area contributed by atoms with Crippen LogP contribution < -0.4 is 10.9 Å². The molecule has 0 aromatic heterocycles. The van der Waals surface area contributed by atoms with Gasteiger partial charge >= 0.3 is 5.91 Å². The third-order valence-corrected chi connectivity index (χ3v) is 2.60. The summed E-state index contributed by atoms with van der Waals surface area (Å²) in [7, 11) is 0. The van der Waals surface area contributed by atoms with Crippen LogP contribution in [0.15, 0.2) is 18.2 Å². The number of hydrogen-bond acceptors (Lipinski definition) is 3. The van der Waals surface area contributed by atoms with E-state index in [2.05, 4.69) is 5.43 Å². The Labute approximate surface area is 113 Å². The van der Waals surface area contributed by atoms with Crippen molar-refractivity contribution in [2.24, 2.45) is 0 Å². The summed E-state index contributed by atoms with van der Waals surface area (Å²) < 4.78 is 0. The zero-order chi connectivity index (χ0) is 13.7. The minimum absolute atomic E-state index is 0.0552. The summed E-state index contributed by atoms with van der Waals surface area (Å²) in [4.78, 5) is 33.8. The number of amides is 2. The van der Waals surface area contributed by atoms with Gasteiger partial charge in [-0.3, -0.25) is 25.2 Å². The Bertz CT molecular complexity index is 503. The molecule has 1 aromatic carbocycles. The highest BCUT2D eigenvalue weighted by molar-refractivity contribution is 6.37. The number of Topliss-reactive ketones (excluding diaryl/α,β-unsaturated/α-hetero) is 1. The molecule has 0 saturated carbocycles. The van der Waals surface area contributed by atoms with E-state index in [1.807, 2.05) is 5.43 Å². The maximum atomic E-state index is 11.7. The first-order valence-corrected chi connectivity index (χ1v) is 5.79. The van der Waals surface area contributed by atoms with Crippen molar-refractivity contribution in [2.75, 3.05) is 0 Å². The normalized spacial score (nSPS) is 9.72. The van der Waals surface area contributed by atoms with Crippen LogP contribution in [0.25, 0.3) is 0 Å². The Balaban J connectivity index is 2.69. The number of ketones is 1. The zero-order valence-corrected chi connectivity index (χ0v) is 10.9. The summed E-state index contributed by atoms with van der Waals surface area (Å²) in [6.07, 6.45) is 0.0552. The minimum Gasteiger partial charge on any atom is -0.289 e. The Morgan fingerprint density at radius 1 is 1.17 bits per heavy atom. The number of rotatable bonds is 3. The molecule has 0 saturated heterocycles. The van der Waals surface area contributed by atoms with Crippen LogP contribution in [0.3, 0.4) is 0 Å². The number of hydrazine groups is 1. The zero-order valence-electron chi connectivity index (χ0n) is 9.42. The third kappa shape index (κ3) is 3.72. The molecular formula is C11H10Cl2N2O3. The van der Waals surface area contributed by atoms with Crippen LogP contribution in [0.5, 0.6) is 0 Å². The second-order valence-corrected chi connectivity index (χ2v) is 4.15. The third-order valence-electron chi connectivity index (χ3n) is 2.04. The van der Waals surface area contributed by atoms with E-state index in [1.165, 1.54) is 25.1 Å². The summed E-state index contributed by atoms with van der Waals surface area (Å²) in [5, 5.41) is 0.522. The molecule has 0 aliphatic heterocycles. The molecule has 0 unspecified atom stereocenters. The molecule has 1 aromatic rings. The lowest BCUT2D eigenvalue weighted by Crippen LogP contribution is -2.44. The first-order chi connectivity index (χ1) is 8.45. The molecule has 0 spiro atoms. The lowest BCUT2D eigenvalue weighted by atomic mass is 10.2. The van der Waals surface area contributed by atoms with Gasteiger partial charge in [-0.2, -0.15) is 0 Å². The van der Waals surface area contributed by atoms with Gasteiger partial charge in [-0.05, 0) is 18.2 Å². The van der Waals surface area contributed by atoms with Crippen molar-refractivity contribution >= 4 is 40.8 Å². The van der Waals surface area contributed by atoms with E-state index in [1.54, 1.807) is 0 Å². The smallest absolute Gasteiger partial charge is 0.289 e. The first-order valence-electron chi connectivity index (χ1n) is 5.04. The second kappa shape index (κ2) is 6.37. The largest absolute Gasteiger partial charge is 0.305 e. The lowest BCUT2D eigenvalue weighted by molar-refractivity contribution is -0.138. The molecule has 0 atom stereocenters. The molecule has 2 N–H and O–H groups in total. The molecule has 0 heterocycles. The Hall–Kier alpha value is -1.59. The van der Waals surface area contributed by atoms with E-state index >= 15 is 0 Å². The Morgan fingerprint density at radius 2 is 1.83 bits per heavy atom. The molecule has 18 heavy (non-hydrogen) atoms. The van der Waals surface area contributed by atoms with Crippen molar-refractivity contribution in [1.82, 2.24) is 10.9 Å². The highest BCUT2D eigenvalue weighted by Crippen LogP contribution is 2.20. The summed E-state index contributed by atoms with van der Waals surface area (Å²) in [6, 6.07) is 4.34. The van der Waals surface area contributed by atoms with Gasteiger partial charge in [-0.1, -0.05) is 30.1 Å². The fourth-order valence-electron chi connectivity index (χ4n) is 1.08. The Kier molecular flexibility index (Phi) is 5.12. The number of carbonyl (C=O) groups is 3. The molecule has 0 aliphatic rings. The highest BCUT2D eigenvalue weighted by Gasteiger charge is 2.14. The fraction of sp³-hybridized carbons (Fsp3) is 0.182. The van der Waals surface area contributed by atoms with Crippen LogP contribution in [0.2, 0.25) is 10.0 Å². The van der Waals surface area contributed by atoms with E-state index in [9.17, 15) is 14.4 Å². The van der Waals surface area contributed by atoms with Gasteiger partial charge in [0.25, 0.3) is 5.91 Å². The molecule has 0 aliphatic carbocycles. The van der Waals surface area contributed by atoms with Crippen LogP contribution in [-0.4, -0.2) is 17.6 Å². The topological polar surface area (TPSA) is 75.3 Å². The SMILES string of the molecule is CCC(=O)C(=O)NNC(=O)c1cc(Cl)ccc1Cl. The Morgan fingerprint density at radius 3 is 2.44 bits per heavy atom. The molecule has 1 rings (SSSR count). The average molecular weight is 289 g/mol. The number of carbonyl (C=O) groups excluding carboxylic acids is 3. The monoisotopic (exact) mass is 288 g/mol. The van der Waals surface area contributed by atoms with Gasteiger partial charge in [0.05, 0.1) is 10.6 Å². The van der Waals surface area contributed by atoms with Gasteiger partial charge in [-0.15, -0.1) is 0 Å². The van der Waals surface area contributed by atoms with E-state index < -0.39 is 17.6 Å². The van der Waals surface area contributed by atoms with Gasteiger partial charge in [-0.25, -0.2) is 0 Å². The van der Waals surface area contributed by atoms with Crippen molar-refractivity contribution < 1.29 is 14.4 Å². The average Bonchev–Trinajstić information content (AvgIpc) is 2.37. The summed E-state index contributed by atoms with van der Waals surface area (Å²) in [6.45, 7) is 1.54. The first kappa shape index (κ1) is 14.5. The number of benzene rings is 1. The summed E-state index contributed by atoms with van der Waals surface area (Å²) in [5.74, 6) is -2.17. The molecule has 0 bridgehead atoms. The fourth-order valence-corrected chi connectivity index (χ4v) is 1.46. The molecule has 96 valence electrons. The number of nitrogens with one attached hydrogen (secondary N) is 2. The van der Waals surface area contributed by atoms with Gasteiger partial charge in [0, 0.05) is 11.4 Å². The van der Waals surface area contributed by atoms with Crippen LogP contribution in [-0.2, 0) is 9.59 Å². The van der Waals surface area contributed by atoms with Gasteiger partial charge < -0.3 is 0 Å². The van der Waals surface area contributed by atoms with Crippen molar-refractivity contribution in [2.45, 2.75) is 13.3 Å². The van der Waals surface area contributed by atoms with E-state index in [0.29, 0.717) is 5.02 Å². The van der Waals surface area contributed by atoms with Crippen LogP contribution in [0.1, 0.15) is 23.7 Å². The molecule has 2 amide bonds.